The van der Waals surface area contributed by atoms with Crippen LogP contribution in [0.25, 0.3) is 10.9 Å². The lowest BCUT2D eigenvalue weighted by Gasteiger charge is -2.37. The number of benzene rings is 4. The second-order valence-corrected chi connectivity index (χ2v) is 11.5. The summed E-state index contributed by atoms with van der Waals surface area (Å²) in [6.45, 7) is 4.38. The molecule has 1 saturated heterocycles. The summed E-state index contributed by atoms with van der Waals surface area (Å²) in [6, 6.07) is 29.6. The summed E-state index contributed by atoms with van der Waals surface area (Å²) in [6.07, 6.45) is -1.23. The number of amides is 1. The van der Waals surface area contributed by atoms with Gasteiger partial charge in [-0.1, -0.05) is 73.7 Å². The van der Waals surface area contributed by atoms with E-state index in [1.807, 2.05) is 70.6 Å². The highest BCUT2D eigenvalue weighted by Crippen LogP contribution is 2.37. The Balaban J connectivity index is 1.23. The molecule has 5 nitrogen and oxygen atoms in total. The molecule has 2 heterocycles. The van der Waals surface area contributed by atoms with Gasteiger partial charge in [0.25, 0.3) is 0 Å². The minimum Gasteiger partial charge on any atom is -0.489 e. The quantitative estimate of drug-likeness (QED) is 0.183. The molecule has 8 heteroatoms. The van der Waals surface area contributed by atoms with E-state index in [1.54, 1.807) is 6.07 Å². The summed E-state index contributed by atoms with van der Waals surface area (Å²) in [5.74, 6) is 0.526. The van der Waals surface area contributed by atoms with Crippen LogP contribution < -0.4 is 9.64 Å². The number of H-pyrrole nitrogens is 1. The summed E-state index contributed by atoms with van der Waals surface area (Å²) in [5, 5.41) is 1.09. The first-order chi connectivity index (χ1) is 21.8. The van der Waals surface area contributed by atoms with Gasteiger partial charge in [-0.2, -0.15) is 13.2 Å². The van der Waals surface area contributed by atoms with Crippen LogP contribution in [0.15, 0.2) is 103 Å². The van der Waals surface area contributed by atoms with Gasteiger partial charge in [0, 0.05) is 61.3 Å². The van der Waals surface area contributed by atoms with E-state index in [-0.39, 0.29) is 18.2 Å². The maximum Gasteiger partial charge on any atom is 0.416 e. The third kappa shape index (κ3) is 6.85. The SMILES string of the molecule is CCc1cccc2c(C(CC(=O)N3CCN(c4cccc(C(F)(F)F)c4)CC3)c3cccc(OCc4ccccc4)c3)c[nH]c12. The number of hydrogen-bond acceptors (Lipinski definition) is 3. The lowest BCUT2D eigenvalue weighted by Crippen LogP contribution is -2.49. The Kier molecular flexibility index (Phi) is 8.83. The van der Waals surface area contributed by atoms with Crippen molar-refractivity contribution in [2.45, 2.75) is 38.5 Å². The molecule has 0 bridgehead atoms. The summed E-state index contributed by atoms with van der Waals surface area (Å²) in [7, 11) is 0. The van der Waals surface area contributed by atoms with Crippen LogP contribution >= 0.6 is 0 Å². The average Bonchev–Trinajstić information content (AvgIpc) is 3.51. The highest BCUT2D eigenvalue weighted by molar-refractivity contribution is 5.88. The van der Waals surface area contributed by atoms with Crippen LogP contribution in [-0.4, -0.2) is 42.0 Å². The molecule has 0 aliphatic carbocycles. The number of para-hydroxylation sites is 1. The average molecular weight is 612 g/mol. The molecule has 1 aliphatic heterocycles. The fraction of sp³-hybridized carbons (Fsp3) is 0.270. The van der Waals surface area contributed by atoms with Crippen LogP contribution in [0, 0.1) is 0 Å². The van der Waals surface area contributed by atoms with Gasteiger partial charge in [0.1, 0.15) is 12.4 Å². The molecule has 0 spiro atoms. The fourth-order valence-electron chi connectivity index (χ4n) is 6.19. The van der Waals surface area contributed by atoms with Gasteiger partial charge in [-0.3, -0.25) is 4.79 Å². The van der Waals surface area contributed by atoms with E-state index in [0.29, 0.717) is 38.5 Å². The van der Waals surface area contributed by atoms with Crippen molar-refractivity contribution in [3.05, 3.63) is 131 Å². The largest absolute Gasteiger partial charge is 0.489 e. The normalized spacial score (nSPS) is 14.5. The molecule has 0 radical (unpaired) electrons. The number of aromatic amines is 1. The molecule has 1 unspecified atom stereocenters. The minimum absolute atomic E-state index is 0.0142. The zero-order valence-corrected chi connectivity index (χ0v) is 25.2. The first-order valence-electron chi connectivity index (χ1n) is 15.4. The van der Waals surface area contributed by atoms with Gasteiger partial charge in [0.15, 0.2) is 0 Å². The van der Waals surface area contributed by atoms with Gasteiger partial charge >= 0.3 is 6.18 Å². The number of aryl methyl sites for hydroxylation is 1. The first kappa shape index (κ1) is 30.3. The van der Waals surface area contributed by atoms with Gasteiger partial charge in [-0.05, 0) is 59.0 Å². The van der Waals surface area contributed by atoms with E-state index in [4.69, 9.17) is 4.74 Å². The second-order valence-electron chi connectivity index (χ2n) is 11.5. The maximum absolute atomic E-state index is 13.9. The Bertz CT molecular complexity index is 1760. The number of nitrogens with one attached hydrogen (secondary N) is 1. The highest BCUT2D eigenvalue weighted by atomic mass is 19.4. The van der Waals surface area contributed by atoms with Crippen molar-refractivity contribution in [3.8, 4) is 5.75 Å². The lowest BCUT2D eigenvalue weighted by atomic mass is 9.87. The molecule has 1 aliphatic rings. The standard InChI is InChI=1S/C37H36F3N3O2/c1-2-27-11-7-16-32-34(24-41-36(27)32)33(28-12-6-15-31(21-28)45-25-26-9-4-3-5-10-26)23-35(44)43-19-17-42(18-20-43)30-14-8-13-29(22-30)37(38,39)40/h3-16,21-22,24,33,41H,2,17-20,23,25H2,1H3. The lowest BCUT2D eigenvalue weighted by molar-refractivity contribution is -0.137. The van der Waals surface area contributed by atoms with E-state index in [2.05, 4.69) is 30.1 Å². The number of carbonyl (C=O) groups is 1. The van der Waals surface area contributed by atoms with E-state index < -0.39 is 11.7 Å². The third-order valence-electron chi connectivity index (χ3n) is 8.65. The van der Waals surface area contributed by atoms with Crippen molar-refractivity contribution in [2.24, 2.45) is 0 Å². The van der Waals surface area contributed by atoms with Crippen LogP contribution in [0.4, 0.5) is 18.9 Å². The van der Waals surface area contributed by atoms with Gasteiger partial charge in [-0.15, -0.1) is 0 Å². The van der Waals surface area contributed by atoms with Gasteiger partial charge in [-0.25, -0.2) is 0 Å². The van der Waals surface area contributed by atoms with Crippen molar-refractivity contribution < 1.29 is 22.7 Å². The number of aromatic nitrogens is 1. The molecular formula is C37H36F3N3O2. The summed E-state index contributed by atoms with van der Waals surface area (Å²) in [5.41, 5.74) is 5.26. The van der Waals surface area contributed by atoms with Crippen molar-refractivity contribution in [1.29, 1.82) is 0 Å². The molecule has 6 rings (SSSR count). The second kappa shape index (κ2) is 13.1. The van der Waals surface area contributed by atoms with Gasteiger partial charge < -0.3 is 19.5 Å². The number of nitrogens with zero attached hydrogens (tertiary/aromatic N) is 2. The Labute approximate surface area is 261 Å². The van der Waals surface area contributed by atoms with Crippen molar-refractivity contribution in [1.82, 2.24) is 9.88 Å². The van der Waals surface area contributed by atoms with Crippen molar-refractivity contribution in [3.63, 3.8) is 0 Å². The van der Waals surface area contributed by atoms with E-state index >= 15 is 0 Å². The molecule has 0 saturated carbocycles. The number of carbonyl (C=O) groups excluding carboxylic acids is 1. The molecule has 1 atom stereocenters. The summed E-state index contributed by atoms with van der Waals surface area (Å²) >= 11 is 0. The zero-order chi connectivity index (χ0) is 31.4. The minimum atomic E-state index is -4.40. The number of halogens is 3. The molecule has 45 heavy (non-hydrogen) atoms. The highest BCUT2D eigenvalue weighted by Gasteiger charge is 2.32. The summed E-state index contributed by atoms with van der Waals surface area (Å²) in [4.78, 5) is 21.1. The van der Waals surface area contributed by atoms with E-state index in [9.17, 15) is 18.0 Å². The molecule has 1 fully saturated rings. The van der Waals surface area contributed by atoms with Crippen LogP contribution in [0.3, 0.4) is 0 Å². The Morgan fingerprint density at radius 3 is 2.40 bits per heavy atom. The predicted octanol–water partition coefficient (Wildman–Crippen LogP) is 8.20. The van der Waals surface area contributed by atoms with Gasteiger partial charge in [0.05, 0.1) is 5.56 Å². The van der Waals surface area contributed by atoms with E-state index in [1.165, 1.54) is 17.7 Å². The number of piperazine rings is 1. The van der Waals surface area contributed by atoms with Crippen LogP contribution in [0.5, 0.6) is 5.75 Å². The summed E-state index contributed by atoms with van der Waals surface area (Å²) < 4.78 is 46.0. The number of hydrogen-bond donors (Lipinski definition) is 1. The Hall–Kier alpha value is -4.72. The fourth-order valence-corrected chi connectivity index (χ4v) is 6.19. The number of alkyl halides is 3. The zero-order valence-electron chi connectivity index (χ0n) is 25.2. The molecule has 232 valence electrons. The third-order valence-corrected chi connectivity index (χ3v) is 8.65. The Morgan fingerprint density at radius 2 is 1.64 bits per heavy atom. The first-order valence-corrected chi connectivity index (χ1v) is 15.4. The predicted molar refractivity (Wildman–Crippen MR) is 172 cm³/mol. The maximum atomic E-state index is 13.9. The Morgan fingerprint density at radius 1 is 0.889 bits per heavy atom. The van der Waals surface area contributed by atoms with Crippen LogP contribution in [-0.2, 0) is 24.0 Å². The van der Waals surface area contributed by atoms with Crippen LogP contribution in [0.1, 0.15) is 47.1 Å². The molecule has 1 amide bonds. The molecule has 4 aromatic carbocycles. The van der Waals surface area contributed by atoms with Crippen molar-refractivity contribution >= 4 is 22.5 Å². The molecule has 1 aromatic heterocycles. The number of fused-ring (bicyclic) bond motifs is 1. The molecule has 1 N–H and O–H groups in total. The monoisotopic (exact) mass is 611 g/mol. The van der Waals surface area contributed by atoms with Crippen LogP contribution in [0.2, 0.25) is 0 Å². The number of rotatable bonds is 9. The molecule has 5 aromatic rings. The molecular weight excluding hydrogens is 575 g/mol. The number of anilines is 1. The topological polar surface area (TPSA) is 48.6 Å². The van der Waals surface area contributed by atoms with Crippen molar-refractivity contribution in [2.75, 3.05) is 31.1 Å². The number of ether oxygens (including phenoxy) is 1. The smallest absolute Gasteiger partial charge is 0.416 e. The van der Waals surface area contributed by atoms with Gasteiger partial charge in [0.2, 0.25) is 5.91 Å². The van der Waals surface area contributed by atoms with E-state index in [0.717, 1.165) is 45.8 Å².